The highest BCUT2D eigenvalue weighted by atomic mass is 14.9. The van der Waals surface area contributed by atoms with Crippen molar-refractivity contribution < 1.29 is 0 Å². The molecule has 0 saturated heterocycles. The fraction of sp³-hybridized carbons (Fsp3) is 0.111. The third-order valence-corrected chi connectivity index (χ3v) is 3.56. The molecule has 0 bridgehead atoms. The first kappa shape index (κ1) is 11.8. The Labute approximate surface area is 113 Å². The van der Waals surface area contributed by atoms with Crippen LogP contribution in [0, 0.1) is 13.8 Å². The van der Waals surface area contributed by atoms with Crippen LogP contribution in [0.2, 0.25) is 0 Å². The second-order valence-corrected chi connectivity index (χ2v) is 4.92. The van der Waals surface area contributed by atoms with Crippen LogP contribution in [0.5, 0.6) is 0 Å². The van der Waals surface area contributed by atoms with Crippen molar-refractivity contribution in [3.8, 4) is 0 Å². The van der Waals surface area contributed by atoms with E-state index in [1.807, 2.05) is 0 Å². The van der Waals surface area contributed by atoms with Gasteiger partial charge in [0.05, 0.1) is 0 Å². The lowest BCUT2D eigenvalue weighted by molar-refractivity contribution is 1.43. The van der Waals surface area contributed by atoms with Crippen LogP contribution in [0.1, 0.15) is 11.1 Å². The van der Waals surface area contributed by atoms with Gasteiger partial charge in [0.25, 0.3) is 0 Å². The van der Waals surface area contributed by atoms with Gasteiger partial charge in [0.15, 0.2) is 0 Å². The average Bonchev–Trinajstić information content (AvgIpc) is 2.44. The van der Waals surface area contributed by atoms with Gasteiger partial charge in [0.1, 0.15) is 0 Å². The van der Waals surface area contributed by atoms with Crippen molar-refractivity contribution in [1.82, 2.24) is 0 Å². The predicted molar refractivity (Wildman–Crippen MR) is 83.1 cm³/mol. The monoisotopic (exact) mass is 247 g/mol. The van der Waals surface area contributed by atoms with Gasteiger partial charge in [-0.2, -0.15) is 0 Å². The summed E-state index contributed by atoms with van der Waals surface area (Å²) in [5.74, 6) is 0. The van der Waals surface area contributed by atoms with Gasteiger partial charge in [-0.15, -0.1) is 0 Å². The lowest BCUT2D eigenvalue weighted by atomic mass is 10.0. The van der Waals surface area contributed by atoms with Crippen LogP contribution in [0.4, 0.5) is 11.4 Å². The molecule has 94 valence electrons. The number of anilines is 2. The number of rotatable bonds is 2. The Morgan fingerprint density at radius 3 is 2.05 bits per heavy atom. The van der Waals surface area contributed by atoms with Gasteiger partial charge in [-0.3, -0.25) is 0 Å². The lowest BCUT2D eigenvalue weighted by Crippen LogP contribution is -1.94. The fourth-order valence-electron chi connectivity index (χ4n) is 2.42. The van der Waals surface area contributed by atoms with Crippen LogP contribution in [-0.2, 0) is 0 Å². The minimum atomic E-state index is 1.16. The molecule has 0 fully saturated rings. The van der Waals surface area contributed by atoms with Crippen molar-refractivity contribution in [2.75, 3.05) is 5.32 Å². The van der Waals surface area contributed by atoms with Gasteiger partial charge >= 0.3 is 0 Å². The fourth-order valence-corrected chi connectivity index (χ4v) is 2.42. The molecular formula is C18H17N. The molecule has 0 unspecified atom stereocenters. The number of fused-ring (bicyclic) bond motifs is 1. The standard InChI is InChI=1S/C18H17N/c1-13-11-12-18(16-9-5-4-8-15(13)16)19-17-10-6-3-7-14(17)2/h3-12,19H,1-2H3. The molecule has 0 saturated carbocycles. The number of hydrogen-bond acceptors (Lipinski definition) is 1. The zero-order valence-electron chi connectivity index (χ0n) is 11.3. The molecule has 0 amide bonds. The number of nitrogens with one attached hydrogen (secondary N) is 1. The van der Waals surface area contributed by atoms with E-state index in [9.17, 15) is 0 Å². The Kier molecular flexibility index (Phi) is 2.96. The SMILES string of the molecule is Cc1ccccc1Nc1ccc(C)c2ccccc12. The molecule has 3 rings (SSSR count). The highest BCUT2D eigenvalue weighted by Crippen LogP contribution is 2.29. The number of benzene rings is 3. The summed E-state index contributed by atoms with van der Waals surface area (Å²) < 4.78 is 0. The molecule has 0 aromatic heterocycles. The normalized spacial score (nSPS) is 10.6. The van der Waals surface area contributed by atoms with E-state index >= 15 is 0 Å². The molecule has 1 heteroatoms. The molecule has 1 nitrogen and oxygen atoms in total. The van der Waals surface area contributed by atoms with Crippen molar-refractivity contribution >= 4 is 22.1 Å². The summed E-state index contributed by atoms with van der Waals surface area (Å²) in [6, 6.07) is 21.2. The molecule has 0 aliphatic carbocycles. The van der Waals surface area contributed by atoms with Gasteiger partial charge in [0.2, 0.25) is 0 Å². The number of hydrogen-bond donors (Lipinski definition) is 1. The summed E-state index contributed by atoms with van der Waals surface area (Å²) in [5.41, 5.74) is 4.89. The van der Waals surface area contributed by atoms with Gasteiger partial charge in [-0.1, -0.05) is 48.5 Å². The molecule has 19 heavy (non-hydrogen) atoms. The summed E-state index contributed by atoms with van der Waals surface area (Å²) in [6.07, 6.45) is 0. The molecule has 3 aromatic carbocycles. The maximum absolute atomic E-state index is 3.54. The summed E-state index contributed by atoms with van der Waals surface area (Å²) in [5, 5.41) is 6.12. The highest BCUT2D eigenvalue weighted by molar-refractivity contribution is 5.97. The van der Waals surface area contributed by atoms with Crippen molar-refractivity contribution in [3.05, 3.63) is 71.8 Å². The third-order valence-electron chi connectivity index (χ3n) is 3.56. The Morgan fingerprint density at radius 2 is 1.26 bits per heavy atom. The van der Waals surface area contributed by atoms with E-state index in [-0.39, 0.29) is 0 Å². The average molecular weight is 247 g/mol. The van der Waals surface area contributed by atoms with Gasteiger partial charge < -0.3 is 5.32 Å². The maximum Gasteiger partial charge on any atom is 0.0464 e. The third kappa shape index (κ3) is 2.19. The van der Waals surface area contributed by atoms with Crippen molar-refractivity contribution in [2.45, 2.75) is 13.8 Å². The summed E-state index contributed by atoms with van der Waals surface area (Å²) in [6.45, 7) is 4.28. The van der Waals surface area contributed by atoms with Gasteiger partial charge in [0, 0.05) is 16.8 Å². The second-order valence-electron chi connectivity index (χ2n) is 4.92. The zero-order chi connectivity index (χ0) is 13.2. The predicted octanol–water partition coefficient (Wildman–Crippen LogP) is 5.20. The van der Waals surface area contributed by atoms with E-state index < -0.39 is 0 Å². The molecule has 0 heterocycles. The molecule has 0 aliphatic heterocycles. The number of para-hydroxylation sites is 1. The van der Waals surface area contributed by atoms with Crippen LogP contribution in [-0.4, -0.2) is 0 Å². The second kappa shape index (κ2) is 4.77. The lowest BCUT2D eigenvalue weighted by Gasteiger charge is -2.13. The minimum Gasteiger partial charge on any atom is -0.355 e. The Balaban J connectivity index is 2.12. The Hall–Kier alpha value is -2.28. The van der Waals surface area contributed by atoms with Crippen molar-refractivity contribution in [2.24, 2.45) is 0 Å². The smallest absolute Gasteiger partial charge is 0.0464 e. The largest absolute Gasteiger partial charge is 0.355 e. The summed E-state index contributed by atoms with van der Waals surface area (Å²) >= 11 is 0. The van der Waals surface area contributed by atoms with Gasteiger partial charge in [-0.25, -0.2) is 0 Å². The summed E-state index contributed by atoms with van der Waals surface area (Å²) in [7, 11) is 0. The zero-order valence-corrected chi connectivity index (χ0v) is 11.3. The molecule has 3 aromatic rings. The van der Waals surface area contributed by atoms with Crippen LogP contribution >= 0.6 is 0 Å². The van der Waals surface area contributed by atoms with Crippen LogP contribution < -0.4 is 5.32 Å². The van der Waals surface area contributed by atoms with Crippen molar-refractivity contribution in [3.63, 3.8) is 0 Å². The van der Waals surface area contributed by atoms with Gasteiger partial charge in [-0.05, 0) is 42.5 Å². The molecule has 0 spiro atoms. The van der Waals surface area contributed by atoms with E-state index in [4.69, 9.17) is 0 Å². The molecule has 0 radical (unpaired) electrons. The van der Waals surface area contributed by atoms with Crippen LogP contribution in [0.15, 0.2) is 60.7 Å². The first-order valence-corrected chi connectivity index (χ1v) is 6.57. The first-order valence-electron chi connectivity index (χ1n) is 6.57. The molecule has 0 aliphatic rings. The maximum atomic E-state index is 3.54. The van der Waals surface area contributed by atoms with E-state index in [1.54, 1.807) is 0 Å². The van der Waals surface area contributed by atoms with Crippen LogP contribution in [0.3, 0.4) is 0 Å². The van der Waals surface area contributed by atoms with E-state index in [2.05, 4.69) is 79.8 Å². The molecule has 1 N–H and O–H groups in total. The van der Waals surface area contributed by atoms with E-state index in [0.29, 0.717) is 0 Å². The molecule has 0 atom stereocenters. The molecular weight excluding hydrogens is 230 g/mol. The quantitative estimate of drug-likeness (QED) is 0.656. The first-order chi connectivity index (χ1) is 9.25. The highest BCUT2D eigenvalue weighted by Gasteiger charge is 2.04. The van der Waals surface area contributed by atoms with Crippen LogP contribution in [0.25, 0.3) is 10.8 Å². The van der Waals surface area contributed by atoms with E-state index in [1.165, 1.54) is 21.9 Å². The van der Waals surface area contributed by atoms with Crippen molar-refractivity contribution in [1.29, 1.82) is 0 Å². The summed E-state index contributed by atoms with van der Waals surface area (Å²) in [4.78, 5) is 0. The Morgan fingerprint density at radius 1 is 0.579 bits per heavy atom. The Bertz CT molecular complexity index is 729. The minimum absolute atomic E-state index is 1.16. The van der Waals surface area contributed by atoms with E-state index in [0.717, 1.165) is 11.4 Å². The number of aryl methyl sites for hydroxylation is 2. The topological polar surface area (TPSA) is 12.0 Å².